The SMILES string of the molecule is COc1ccc(C(C)(C)C)cc1NS(=O)(=O)C(C)C(=O)O. The van der Waals surface area contributed by atoms with Gasteiger partial charge in [-0.2, -0.15) is 0 Å². The highest BCUT2D eigenvalue weighted by atomic mass is 32.2. The molecule has 1 atom stereocenters. The summed E-state index contributed by atoms with van der Waals surface area (Å²) in [6, 6.07) is 5.16. The first-order chi connectivity index (χ1) is 9.49. The number of carboxylic acids is 1. The van der Waals surface area contributed by atoms with Gasteiger partial charge >= 0.3 is 5.97 Å². The van der Waals surface area contributed by atoms with Gasteiger partial charge in [-0.15, -0.1) is 0 Å². The van der Waals surface area contributed by atoms with E-state index in [2.05, 4.69) is 4.72 Å². The second kappa shape index (κ2) is 5.93. The number of methoxy groups -OCH3 is 1. The van der Waals surface area contributed by atoms with Gasteiger partial charge in [-0.25, -0.2) is 8.42 Å². The van der Waals surface area contributed by atoms with E-state index in [1.54, 1.807) is 12.1 Å². The molecule has 118 valence electrons. The van der Waals surface area contributed by atoms with Crippen LogP contribution in [-0.4, -0.2) is 31.9 Å². The Hall–Kier alpha value is -1.76. The Morgan fingerprint density at radius 1 is 1.33 bits per heavy atom. The van der Waals surface area contributed by atoms with E-state index >= 15 is 0 Å². The van der Waals surface area contributed by atoms with Crippen molar-refractivity contribution in [3.8, 4) is 5.75 Å². The molecule has 0 radical (unpaired) electrons. The molecule has 0 saturated carbocycles. The lowest BCUT2D eigenvalue weighted by molar-refractivity contribution is -0.136. The lowest BCUT2D eigenvalue weighted by Crippen LogP contribution is -2.32. The van der Waals surface area contributed by atoms with Crippen LogP contribution in [0.4, 0.5) is 5.69 Å². The van der Waals surface area contributed by atoms with Crippen molar-refractivity contribution < 1.29 is 23.1 Å². The summed E-state index contributed by atoms with van der Waals surface area (Å²) in [5.74, 6) is -1.07. The van der Waals surface area contributed by atoms with Gasteiger partial charge in [0.15, 0.2) is 5.25 Å². The summed E-state index contributed by atoms with van der Waals surface area (Å²) in [5, 5.41) is 7.30. The number of anilines is 1. The van der Waals surface area contributed by atoms with E-state index < -0.39 is 21.2 Å². The molecule has 1 aromatic carbocycles. The van der Waals surface area contributed by atoms with E-state index in [4.69, 9.17) is 9.84 Å². The van der Waals surface area contributed by atoms with Crippen LogP contribution < -0.4 is 9.46 Å². The molecule has 21 heavy (non-hydrogen) atoms. The van der Waals surface area contributed by atoms with Crippen LogP contribution in [0, 0.1) is 0 Å². The first kappa shape index (κ1) is 17.3. The maximum Gasteiger partial charge on any atom is 0.323 e. The Kier molecular flexibility index (Phi) is 4.88. The third-order valence-electron chi connectivity index (χ3n) is 3.13. The van der Waals surface area contributed by atoms with Gasteiger partial charge in [0.25, 0.3) is 0 Å². The molecule has 0 fully saturated rings. The van der Waals surface area contributed by atoms with Crippen LogP contribution in [0.25, 0.3) is 0 Å². The van der Waals surface area contributed by atoms with Crippen LogP contribution in [0.2, 0.25) is 0 Å². The minimum absolute atomic E-state index is 0.176. The van der Waals surface area contributed by atoms with Gasteiger partial charge in [0.1, 0.15) is 5.75 Å². The van der Waals surface area contributed by atoms with E-state index in [0.717, 1.165) is 12.5 Å². The number of rotatable bonds is 5. The van der Waals surface area contributed by atoms with Gasteiger partial charge in [0.05, 0.1) is 12.8 Å². The summed E-state index contributed by atoms with van der Waals surface area (Å²) in [6.07, 6.45) is 0. The maximum absolute atomic E-state index is 12.0. The summed E-state index contributed by atoms with van der Waals surface area (Å²) in [4.78, 5) is 10.9. The quantitative estimate of drug-likeness (QED) is 0.869. The minimum atomic E-state index is -4.04. The number of benzene rings is 1. The first-order valence-corrected chi connectivity index (χ1v) is 7.96. The van der Waals surface area contributed by atoms with Crippen LogP contribution in [0.5, 0.6) is 5.75 Å². The van der Waals surface area contributed by atoms with E-state index in [1.165, 1.54) is 7.11 Å². The molecule has 1 aromatic rings. The summed E-state index contributed by atoms with van der Waals surface area (Å²) in [6.45, 7) is 7.09. The van der Waals surface area contributed by atoms with Crippen LogP contribution in [0.15, 0.2) is 18.2 Å². The lowest BCUT2D eigenvalue weighted by Gasteiger charge is -2.22. The largest absolute Gasteiger partial charge is 0.495 e. The number of aliphatic carboxylic acids is 1. The highest BCUT2D eigenvalue weighted by Gasteiger charge is 2.29. The number of hydrogen-bond acceptors (Lipinski definition) is 4. The number of nitrogens with one attached hydrogen (secondary N) is 1. The molecule has 0 saturated heterocycles. The van der Waals surface area contributed by atoms with Gasteiger partial charge in [-0.05, 0) is 30.0 Å². The molecule has 0 spiro atoms. The smallest absolute Gasteiger partial charge is 0.323 e. The molecular formula is C14H21NO5S. The first-order valence-electron chi connectivity index (χ1n) is 6.42. The van der Waals surface area contributed by atoms with Gasteiger partial charge in [0, 0.05) is 0 Å². The Labute approximate surface area is 125 Å². The summed E-state index contributed by atoms with van der Waals surface area (Å²) in [7, 11) is -2.62. The van der Waals surface area contributed by atoms with Crippen molar-refractivity contribution in [1.29, 1.82) is 0 Å². The van der Waals surface area contributed by atoms with Gasteiger partial charge in [-0.1, -0.05) is 26.8 Å². The van der Waals surface area contributed by atoms with E-state index in [9.17, 15) is 13.2 Å². The minimum Gasteiger partial charge on any atom is -0.495 e. The van der Waals surface area contributed by atoms with Crippen molar-refractivity contribution in [2.24, 2.45) is 0 Å². The van der Waals surface area contributed by atoms with Crippen molar-refractivity contribution in [3.63, 3.8) is 0 Å². The fourth-order valence-corrected chi connectivity index (χ4v) is 2.54. The number of ether oxygens (including phenoxy) is 1. The molecule has 0 aliphatic rings. The fraction of sp³-hybridized carbons (Fsp3) is 0.500. The van der Waals surface area contributed by atoms with E-state index in [0.29, 0.717) is 5.75 Å². The molecule has 1 unspecified atom stereocenters. The third-order valence-corrected chi connectivity index (χ3v) is 4.77. The molecule has 6 nitrogen and oxygen atoms in total. The predicted octanol–water partition coefficient (Wildman–Crippen LogP) is 2.21. The number of sulfonamides is 1. The molecule has 1 rings (SSSR count). The fourth-order valence-electron chi connectivity index (χ4n) is 1.63. The summed E-state index contributed by atoms with van der Waals surface area (Å²) < 4.78 is 31.5. The number of hydrogen-bond donors (Lipinski definition) is 2. The van der Waals surface area contributed by atoms with Gasteiger partial charge in [0.2, 0.25) is 10.0 Å². The molecule has 7 heteroatoms. The second-order valence-corrected chi connectivity index (χ2v) is 7.79. The molecule has 0 aliphatic carbocycles. The highest BCUT2D eigenvalue weighted by molar-refractivity contribution is 7.94. The second-order valence-electron chi connectivity index (χ2n) is 5.79. The summed E-state index contributed by atoms with van der Waals surface area (Å²) in [5.41, 5.74) is 0.965. The van der Waals surface area contributed by atoms with Crippen molar-refractivity contribution in [1.82, 2.24) is 0 Å². The van der Waals surface area contributed by atoms with Crippen molar-refractivity contribution in [2.75, 3.05) is 11.8 Å². The third kappa shape index (κ3) is 4.10. The zero-order valence-corrected chi connectivity index (χ0v) is 13.6. The van der Waals surface area contributed by atoms with Crippen molar-refractivity contribution >= 4 is 21.7 Å². The molecule has 0 bridgehead atoms. The van der Waals surface area contributed by atoms with Gasteiger partial charge < -0.3 is 9.84 Å². The summed E-state index contributed by atoms with van der Waals surface area (Å²) >= 11 is 0. The molecule has 0 heterocycles. The number of carboxylic acid groups (broad SMARTS) is 1. The van der Waals surface area contributed by atoms with Crippen LogP contribution in [-0.2, 0) is 20.2 Å². The average molecular weight is 315 g/mol. The van der Waals surface area contributed by atoms with Crippen LogP contribution >= 0.6 is 0 Å². The zero-order chi connectivity index (χ0) is 16.4. The normalized spacial score (nSPS) is 13.6. The maximum atomic E-state index is 12.0. The Balaban J connectivity index is 3.26. The highest BCUT2D eigenvalue weighted by Crippen LogP contribution is 2.32. The van der Waals surface area contributed by atoms with E-state index in [-0.39, 0.29) is 11.1 Å². The van der Waals surface area contributed by atoms with Crippen LogP contribution in [0.3, 0.4) is 0 Å². The molecule has 0 amide bonds. The standard InChI is InChI=1S/C14H21NO5S/c1-9(13(16)17)21(18,19)15-11-8-10(14(2,3)4)6-7-12(11)20-5/h6-9,15H,1-5H3,(H,16,17). The Morgan fingerprint density at radius 2 is 1.90 bits per heavy atom. The lowest BCUT2D eigenvalue weighted by atomic mass is 9.87. The predicted molar refractivity (Wildman–Crippen MR) is 81.3 cm³/mol. The average Bonchev–Trinajstić information content (AvgIpc) is 2.36. The van der Waals surface area contributed by atoms with E-state index in [1.807, 2.05) is 26.8 Å². The molecule has 0 aliphatic heterocycles. The molecule has 2 N–H and O–H groups in total. The van der Waals surface area contributed by atoms with Crippen molar-refractivity contribution in [2.45, 2.75) is 38.4 Å². The topological polar surface area (TPSA) is 92.7 Å². The number of carbonyl (C=O) groups is 1. The van der Waals surface area contributed by atoms with Gasteiger partial charge in [-0.3, -0.25) is 9.52 Å². The zero-order valence-electron chi connectivity index (χ0n) is 12.8. The molecule has 0 aromatic heterocycles. The Bertz CT molecular complexity index is 631. The van der Waals surface area contributed by atoms with Crippen molar-refractivity contribution in [3.05, 3.63) is 23.8 Å². The monoisotopic (exact) mass is 315 g/mol. The molecular weight excluding hydrogens is 294 g/mol. The Morgan fingerprint density at radius 3 is 2.33 bits per heavy atom. The van der Waals surface area contributed by atoms with Crippen LogP contribution in [0.1, 0.15) is 33.3 Å².